The summed E-state index contributed by atoms with van der Waals surface area (Å²) in [5.41, 5.74) is 0.656. The molecule has 0 radical (unpaired) electrons. The van der Waals surface area contributed by atoms with Crippen molar-refractivity contribution in [2.75, 3.05) is 58.9 Å². The highest BCUT2D eigenvalue weighted by Gasteiger charge is 2.21. The molecule has 0 aromatic carbocycles. The van der Waals surface area contributed by atoms with E-state index in [1.54, 1.807) is 12.4 Å². The van der Waals surface area contributed by atoms with Crippen LogP contribution < -0.4 is 10.6 Å². The Kier molecular flexibility index (Phi) is 9.11. The van der Waals surface area contributed by atoms with Gasteiger partial charge in [0, 0.05) is 32.4 Å². The molecule has 0 saturated carbocycles. The van der Waals surface area contributed by atoms with Gasteiger partial charge in [-0.25, -0.2) is 0 Å². The van der Waals surface area contributed by atoms with Gasteiger partial charge in [0.15, 0.2) is 5.11 Å². The van der Waals surface area contributed by atoms with Gasteiger partial charge >= 0.3 is 11.9 Å². The van der Waals surface area contributed by atoms with Gasteiger partial charge < -0.3 is 24.8 Å². The number of nitrogens with one attached hydrogen (secondary N) is 2. The Morgan fingerprint density at radius 3 is 2.50 bits per heavy atom. The fourth-order valence-corrected chi connectivity index (χ4v) is 2.96. The number of rotatable bonds is 9. The number of hydrogen-bond donors (Lipinski definition) is 2. The van der Waals surface area contributed by atoms with E-state index in [0.29, 0.717) is 17.3 Å². The second-order valence-corrected chi connectivity index (χ2v) is 6.67. The molecule has 1 aliphatic rings. The number of esters is 2. The summed E-state index contributed by atoms with van der Waals surface area (Å²) in [4.78, 5) is 25.6. The second kappa shape index (κ2) is 11.6. The molecule has 1 aromatic rings. The van der Waals surface area contributed by atoms with Crippen molar-refractivity contribution in [3.8, 4) is 0 Å². The predicted octanol–water partition coefficient (Wildman–Crippen LogP) is 0.169. The van der Waals surface area contributed by atoms with Gasteiger partial charge in [-0.3, -0.25) is 19.2 Å². The molecule has 0 bridgehead atoms. The summed E-state index contributed by atoms with van der Waals surface area (Å²) in [6, 6.07) is -0.502. The Balaban J connectivity index is 1.84. The summed E-state index contributed by atoms with van der Waals surface area (Å²) in [7, 11) is 2.60. The number of ether oxygens (including phenoxy) is 3. The predicted molar refractivity (Wildman–Crippen MR) is 106 cm³/mol. The van der Waals surface area contributed by atoms with Crippen LogP contribution in [-0.4, -0.2) is 85.3 Å². The van der Waals surface area contributed by atoms with Gasteiger partial charge in [0.25, 0.3) is 0 Å². The van der Waals surface area contributed by atoms with Crippen LogP contribution in [0.2, 0.25) is 0 Å². The van der Waals surface area contributed by atoms with Crippen LogP contribution in [0.25, 0.3) is 0 Å². The smallest absolute Gasteiger partial charge is 0.307 e. The molecule has 0 aliphatic carbocycles. The maximum atomic E-state index is 11.6. The summed E-state index contributed by atoms with van der Waals surface area (Å²) in [5.74, 6) is -0.863. The fourth-order valence-electron chi connectivity index (χ4n) is 2.74. The summed E-state index contributed by atoms with van der Waals surface area (Å²) in [6.07, 6.45) is 3.29. The molecule has 11 heteroatoms. The Labute approximate surface area is 169 Å². The number of carbonyl (C=O) groups is 2. The number of aromatic nitrogens is 2. The molecule has 10 nitrogen and oxygen atoms in total. The maximum Gasteiger partial charge on any atom is 0.307 e. The van der Waals surface area contributed by atoms with Gasteiger partial charge in [0.05, 0.1) is 58.2 Å². The van der Waals surface area contributed by atoms with Crippen LogP contribution in [0.4, 0.5) is 5.69 Å². The van der Waals surface area contributed by atoms with Crippen molar-refractivity contribution in [1.29, 1.82) is 0 Å². The van der Waals surface area contributed by atoms with E-state index >= 15 is 0 Å². The maximum absolute atomic E-state index is 11.6. The number of nitrogens with zero attached hydrogens (tertiary/aromatic N) is 3. The number of morpholine rings is 1. The lowest BCUT2D eigenvalue weighted by molar-refractivity contribution is -0.144. The van der Waals surface area contributed by atoms with Crippen LogP contribution in [0, 0.1) is 0 Å². The van der Waals surface area contributed by atoms with Gasteiger partial charge in [0.1, 0.15) is 0 Å². The van der Waals surface area contributed by atoms with E-state index < -0.39 is 18.0 Å². The molecule has 1 fully saturated rings. The Morgan fingerprint density at radius 2 is 1.89 bits per heavy atom. The van der Waals surface area contributed by atoms with Crippen LogP contribution in [0.15, 0.2) is 12.4 Å². The first-order valence-corrected chi connectivity index (χ1v) is 9.45. The third-order valence-corrected chi connectivity index (χ3v) is 4.56. The molecule has 2 N–H and O–H groups in total. The number of thiocarbonyl (C=S) groups is 1. The van der Waals surface area contributed by atoms with Gasteiger partial charge in [-0.05, 0) is 12.2 Å². The molecule has 0 unspecified atom stereocenters. The molecule has 1 saturated heterocycles. The minimum atomic E-state index is -0.502. The Bertz CT molecular complexity index is 644. The minimum Gasteiger partial charge on any atom is -0.469 e. The van der Waals surface area contributed by atoms with E-state index in [1.807, 2.05) is 0 Å². The standard InChI is InChI=1S/C17H27N5O5S/c1-25-15(23)9-14(10-16(24)26-2)22-12-13(11-19-22)20-17(28)18-3-4-21-5-7-27-8-6-21/h11-12,14H,3-10H2,1-2H3,(H2,18,20,28). The molecular weight excluding hydrogens is 386 g/mol. The summed E-state index contributed by atoms with van der Waals surface area (Å²) in [6.45, 7) is 4.98. The van der Waals surface area contributed by atoms with Crippen molar-refractivity contribution in [2.24, 2.45) is 0 Å². The summed E-state index contributed by atoms with van der Waals surface area (Å²) >= 11 is 5.30. The lowest BCUT2D eigenvalue weighted by atomic mass is 10.1. The average molecular weight is 414 g/mol. The van der Waals surface area contributed by atoms with Crippen LogP contribution in [0.1, 0.15) is 18.9 Å². The zero-order chi connectivity index (χ0) is 20.4. The lowest BCUT2D eigenvalue weighted by Crippen LogP contribution is -2.42. The molecule has 2 rings (SSSR count). The number of carbonyl (C=O) groups excluding carboxylic acids is 2. The van der Waals surface area contributed by atoms with E-state index in [2.05, 4.69) is 20.6 Å². The first-order chi connectivity index (χ1) is 13.5. The number of methoxy groups -OCH3 is 2. The van der Waals surface area contributed by atoms with Gasteiger partial charge in [0.2, 0.25) is 0 Å². The summed E-state index contributed by atoms with van der Waals surface area (Å²) < 4.78 is 16.2. The van der Waals surface area contributed by atoms with E-state index in [0.717, 1.165) is 32.8 Å². The average Bonchev–Trinajstić information content (AvgIpc) is 3.16. The second-order valence-electron chi connectivity index (χ2n) is 6.26. The first kappa shape index (κ1) is 22.1. The van der Waals surface area contributed by atoms with Crippen LogP contribution in [-0.2, 0) is 23.8 Å². The molecule has 1 aromatic heterocycles. The Hall–Kier alpha value is -2.24. The van der Waals surface area contributed by atoms with Crippen LogP contribution in [0.5, 0.6) is 0 Å². The molecule has 0 atom stereocenters. The van der Waals surface area contributed by atoms with Crippen LogP contribution >= 0.6 is 12.2 Å². The molecule has 28 heavy (non-hydrogen) atoms. The van der Waals surface area contributed by atoms with Crippen molar-refractivity contribution >= 4 is 35.0 Å². The quantitative estimate of drug-likeness (QED) is 0.430. The largest absolute Gasteiger partial charge is 0.469 e. The van der Waals surface area contributed by atoms with Gasteiger partial charge in [-0.2, -0.15) is 5.10 Å². The lowest BCUT2D eigenvalue weighted by Gasteiger charge is -2.26. The zero-order valence-electron chi connectivity index (χ0n) is 16.2. The third-order valence-electron chi connectivity index (χ3n) is 4.31. The van der Waals surface area contributed by atoms with Crippen LogP contribution in [0.3, 0.4) is 0 Å². The highest BCUT2D eigenvalue weighted by Crippen LogP contribution is 2.19. The topological polar surface area (TPSA) is 107 Å². The number of hydrogen-bond acceptors (Lipinski definition) is 8. The molecule has 1 aliphatic heterocycles. The fraction of sp³-hybridized carbons (Fsp3) is 0.647. The van der Waals surface area contributed by atoms with Crippen molar-refractivity contribution in [3.05, 3.63) is 12.4 Å². The first-order valence-electron chi connectivity index (χ1n) is 9.04. The van der Waals surface area contributed by atoms with E-state index in [-0.39, 0.29) is 12.8 Å². The molecule has 2 heterocycles. The monoisotopic (exact) mass is 413 g/mol. The molecular formula is C17H27N5O5S. The Morgan fingerprint density at radius 1 is 1.25 bits per heavy atom. The van der Waals surface area contributed by atoms with Gasteiger partial charge in [-0.15, -0.1) is 0 Å². The van der Waals surface area contributed by atoms with Crippen molar-refractivity contribution in [3.63, 3.8) is 0 Å². The molecule has 156 valence electrons. The van der Waals surface area contributed by atoms with Gasteiger partial charge in [-0.1, -0.05) is 0 Å². The SMILES string of the molecule is COC(=O)CC(CC(=O)OC)n1cc(NC(=S)NCCN2CCOCC2)cn1. The van der Waals surface area contributed by atoms with E-state index in [4.69, 9.17) is 26.4 Å². The molecule has 0 amide bonds. The highest BCUT2D eigenvalue weighted by atomic mass is 32.1. The van der Waals surface area contributed by atoms with Crippen molar-refractivity contribution in [1.82, 2.24) is 20.0 Å². The van der Waals surface area contributed by atoms with Crippen molar-refractivity contribution in [2.45, 2.75) is 18.9 Å². The minimum absolute atomic E-state index is 0.00889. The van der Waals surface area contributed by atoms with Crippen molar-refractivity contribution < 1.29 is 23.8 Å². The molecule has 0 spiro atoms. The highest BCUT2D eigenvalue weighted by molar-refractivity contribution is 7.80. The zero-order valence-corrected chi connectivity index (χ0v) is 17.0. The normalized spacial score (nSPS) is 14.5. The summed E-state index contributed by atoms with van der Waals surface area (Å²) in [5, 5.41) is 10.9. The van der Waals surface area contributed by atoms with E-state index in [1.165, 1.54) is 18.9 Å². The van der Waals surface area contributed by atoms with E-state index in [9.17, 15) is 9.59 Å². The third kappa shape index (κ3) is 7.41. The number of anilines is 1.